The SMILES string of the molecule is C=CCN(CC=C)c1cccc(C(O)C=C)c1. The molecule has 0 spiro atoms. The summed E-state index contributed by atoms with van der Waals surface area (Å²) in [6, 6.07) is 7.78. The minimum absolute atomic E-state index is 0.621. The highest BCUT2D eigenvalue weighted by atomic mass is 16.3. The molecule has 90 valence electrons. The summed E-state index contributed by atoms with van der Waals surface area (Å²) in [6.45, 7) is 12.6. The molecule has 1 rings (SSSR count). The van der Waals surface area contributed by atoms with Gasteiger partial charge in [-0.25, -0.2) is 0 Å². The van der Waals surface area contributed by atoms with Gasteiger partial charge in [-0.05, 0) is 17.7 Å². The van der Waals surface area contributed by atoms with Crippen molar-refractivity contribution in [3.8, 4) is 0 Å². The second kappa shape index (κ2) is 6.71. The fourth-order valence-electron chi connectivity index (χ4n) is 1.64. The van der Waals surface area contributed by atoms with E-state index in [2.05, 4.69) is 24.6 Å². The van der Waals surface area contributed by atoms with Crippen LogP contribution in [0.25, 0.3) is 0 Å². The first-order chi connectivity index (χ1) is 8.22. The summed E-state index contributed by atoms with van der Waals surface area (Å²) >= 11 is 0. The summed E-state index contributed by atoms with van der Waals surface area (Å²) < 4.78 is 0. The lowest BCUT2D eigenvalue weighted by molar-refractivity contribution is 0.229. The number of rotatable bonds is 7. The normalized spacial score (nSPS) is 11.6. The number of anilines is 1. The Morgan fingerprint density at radius 1 is 1.18 bits per heavy atom. The van der Waals surface area contributed by atoms with Gasteiger partial charge in [0.05, 0.1) is 6.10 Å². The molecular formula is C15H19NO. The molecule has 1 unspecified atom stereocenters. The van der Waals surface area contributed by atoms with E-state index < -0.39 is 6.10 Å². The molecule has 0 radical (unpaired) electrons. The summed E-state index contributed by atoms with van der Waals surface area (Å²) in [6.07, 6.45) is 4.59. The van der Waals surface area contributed by atoms with Gasteiger partial charge >= 0.3 is 0 Å². The van der Waals surface area contributed by atoms with Gasteiger partial charge in [0.1, 0.15) is 0 Å². The monoisotopic (exact) mass is 229 g/mol. The summed E-state index contributed by atoms with van der Waals surface area (Å²) in [5.74, 6) is 0. The molecule has 0 saturated carbocycles. The Morgan fingerprint density at radius 3 is 2.35 bits per heavy atom. The van der Waals surface area contributed by atoms with Crippen molar-refractivity contribution >= 4 is 5.69 Å². The van der Waals surface area contributed by atoms with E-state index in [-0.39, 0.29) is 0 Å². The van der Waals surface area contributed by atoms with Crippen LogP contribution in [0.15, 0.2) is 62.2 Å². The van der Waals surface area contributed by atoms with Crippen molar-refractivity contribution in [1.29, 1.82) is 0 Å². The molecule has 1 aromatic carbocycles. The molecule has 0 heterocycles. The zero-order chi connectivity index (χ0) is 12.7. The smallest absolute Gasteiger partial charge is 0.0969 e. The number of benzene rings is 1. The molecule has 0 aliphatic heterocycles. The van der Waals surface area contributed by atoms with E-state index in [9.17, 15) is 5.11 Å². The van der Waals surface area contributed by atoms with Gasteiger partial charge in [-0.1, -0.05) is 30.4 Å². The van der Waals surface area contributed by atoms with Crippen molar-refractivity contribution in [2.45, 2.75) is 6.10 Å². The maximum Gasteiger partial charge on any atom is 0.0969 e. The van der Waals surface area contributed by atoms with E-state index in [0.717, 1.165) is 24.3 Å². The largest absolute Gasteiger partial charge is 0.384 e. The number of hydrogen-bond acceptors (Lipinski definition) is 2. The van der Waals surface area contributed by atoms with E-state index in [1.807, 2.05) is 36.4 Å². The van der Waals surface area contributed by atoms with Crippen LogP contribution in [0.3, 0.4) is 0 Å². The van der Waals surface area contributed by atoms with Gasteiger partial charge in [0.15, 0.2) is 0 Å². The lowest BCUT2D eigenvalue weighted by Crippen LogP contribution is -2.23. The molecule has 0 bridgehead atoms. The molecule has 0 aliphatic rings. The molecule has 1 atom stereocenters. The Hall–Kier alpha value is -1.80. The first-order valence-corrected chi connectivity index (χ1v) is 5.60. The molecule has 0 saturated heterocycles. The summed E-state index contributed by atoms with van der Waals surface area (Å²) in [4.78, 5) is 2.12. The number of hydrogen-bond donors (Lipinski definition) is 1. The lowest BCUT2D eigenvalue weighted by atomic mass is 10.1. The Bertz CT molecular complexity index is 388. The third-order valence-electron chi connectivity index (χ3n) is 2.50. The molecule has 0 fully saturated rings. The molecule has 0 amide bonds. The first kappa shape index (κ1) is 13.3. The molecule has 0 aromatic heterocycles. The molecule has 1 aromatic rings. The molecule has 0 aliphatic carbocycles. The standard InChI is InChI=1S/C15H19NO/c1-4-10-16(11-5-2)14-9-7-8-13(12-14)15(17)6-3/h4-9,12,15,17H,1-3,10-11H2. The van der Waals surface area contributed by atoms with E-state index in [4.69, 9.17) is 0 Å². The van der Waals surface area contributed by atoms with E-state index in [1.165, 1.54) is 6.08 Å². The van der Waals surface area contributed by atoms with Gasteiger partial charge < -0.3 is 10.0 Å². The summed E-state index contributed by atoms with van der Waals surface area (Å²) in [5, 5.41) is 9.72. The van der Waals surface area contributed by atoms with Gasteiger partial charge in [-0.15, -0.1) is 19.7 Å². The average Bonchev–Trinajstić information content (AvgIpc) is 2.37. The van der Waals surface area contributed by atoms with Crippen molar-refractivity contribution in [2.75, 3.05) is 18.0 Å². The van der Waals surface area contributed by atoms with Crippen molar-refractivity contribution in [3.63, 3.8) is 0 Å². The molecule has 2 nitrogen and oxygen atoms in total. The highest BCUT2D eigenvalue weighted by Crippen LogP contribution is 2.21. The Balaban J connectivity index is 2.98. The second-order valence-electron chi connectivity index (χ2n) is 3.76. The third kappa shape index (κ3) is 3.61. The van der Waals surface area contributed by atoms with Crippen molar-refractivity contribution in [2.24, 2.45) is 0 Å². The predicted molar refractivity (Wildman–Crippen MR) is 74.2 cm³/mol. The number of aliphatic hydroxyl groups is 1. The van der Waals surface area contributed by atoms with Crippen LogP contribution in [0.2, 0.25) is 0 Å². The van der Waals surface area contributed by atoms with Crippen LogP contribution < -0.4 is 4.90 Å². The third-order valence-corrected chi connectivity index (χ3v) is 2.50. The minimum Gasteiger partial charge on any atom is -0.384 e. The van der Waals surface area contributed by atoms with Gasteiger partial charge in [0.2, 0.25) is 0 Å². The van der Waals surface area contributed by atoms with Gasteiger partial charge in [0.25, 0.3) is 0 Å². The van der Waals surface area contributed by atoms with E-state index >= 15 is 0 Å². The summed E-state index contributed by atoms with van der Waals surface area (Å²) in [7, 11) is 0. The Kier molecular flexibility index (Phi) is 5.24. The summed E-state index contributed by atoms with van der Waals surface area (Å²) in [5.41, 5.74) is 1.89. The van der Waals surface area contributed by atoms with Gasteiger partial charge in [-0.3, -0.25) is 0 Å². The van der Waals surface area contributed by atoms with Gasteiger partial charge in [-0.2, -0.15) is 0 Å². The highest BCUT2D eigenvalue weighted by molar-refractivity contribution is 5.50. The minimum atomic E-state index is -0.621. The maximum absolute atomic E-state index is 9.72. The Morgan fingerprint density at radius 2 is 1.82 bits per heavy atom. The van der Waals surface area contributed by atoms with E-state index in [0.29, 0.717) is 0 Å². The zero-order valence-corrected chi connectivity index (χ0v) is 10.0. The van der Waals surface area contributed by atoms with Crippen LogP contribution >= 0.6 is 0 Å². The number of nitrogens with zero attached hydrogens (tertiary/aromatic N) is 1. The van der Waals surface area contributed by atoms with Crippen LogP contribution in [0.5, 0.6) is 0 Å². The highest BCUT2D eigenvalue weighted by Gasteiger charge is 2.07. The average molecular weight is 229 g/mol. The van der Waals surface area contributed by atoms with Crippen molar-refractivity contribution in [3.05, 3.63) is 67.8 Å². The molecule has 1 N–H and O–H groups in total. The topological polar surface area (TPSA) is 23.5 Å². The Labute approximate surface area is 103 Å². The molecular weight excluding hydrogens is 210 g/mol. The van der Waals surface area contributed by atoms with Crippen LogP contribution in [0.4, 0.5) is 5.69 Å². The zero-order valence-electron chi connectivity index (χ0n) is 10.0. The quantitative estimate of drug-likeness (QED) is 0.726. The van der Waals surface area contributed by atoms with Gasteiger partial charge in [0, 0.05) is 18.8 Å². The molecule has 2 heteroatoms. The van der Waals surface area contributed by atoms with Crippen LogP contribution in [-0.2, 0) is 0 Å². The van der Waals surface area contributed by atoms with E-state index in [1.54, 1.807) is 0 Å². The van der Waals surface area contributed by atoms with Crippen LogP contribution in [0.1, 0.15) is 11.7 Å². The van der Waals surface area contributed by atoms with Crippen LogP contribution in [0, 0.1) is 0 Å². The lowest BCUT2D eigenvalue weighted by Gasteiger charge is -2.22. The molecule has 17 heavy (non-hydrogen) atoms. The first-order valence-electron chi connectivity index (χ1n) is 5.60. The van der Waals surface area contributed by atoms with Crippen molar-refractivity contribution in [1.82, 2.24) is 0 Å². The predicted octanol–water partition coefficient (Wildman–Crippen LogP) is 3.08. The van der Waals surface area contributed by atoms with Crippen molar-refractivity contribution < 1.29 is 5.11 Å². The maximum atomic E-state index is 9.72. The second-order valence-corrected chi connectivity index (χ2v) is 3.76. The van der Waals surface area contributed by atoms with Crippen LogP contribution in [-0.4, -0.2) is 18.2 Å². The number of aliphatic hydroxyl groups excluding tert-OH is 1. The fraction of sp³-hybridized carbons (Fsp3) is 0.200. The fourth-order valence-corrected chi connectivity index (χ4v) is 1.64.